The minimum atomic E-state index is -0.829. The standard InChI is InChI=1S/C17H13ClO3/c18-13-6-3-11(4-7-13)16(19)12-2-1-10-5-8-14(17(20)21)15(10)9-12/h1-4,6-7,9,14H,5,8H2,(H,20,21). The van der Waals surface area contributed by atoms with Crippen molar-refractivity contribution < 1.29 is 14.7 Å². The molecule has 21 heavy (non-hydrogen) atoms. The van der Waals surface area contributed by atoms with Crippen LogP contribution in [0.15, 0.2) is 42.5 Å². The summed E-state index contributed by atoms with van der Waals surface area (Å²) >= 11 is 5.82. The Morgan fingerprint density at radius 2 is 1.71 bits per heavy atom. The van der Waals surface area contributed by atoms with Gasteiger partial charge in [0.25, 0.3) is 0 Å². The summed E-state index contributed by atoms with van der Waals surface area (Å²) < 4.78 is 0. The molecule has 0 aliphatic heterocycles. The average Bonchev–Trinajstić information content (AvgIpc) is 2.90. The normalized spacial score (nSPS) is 16.5. The summed E-state index contributed by atoms with van der Waals surface area (Å²) in [6.45, 7) is 0. The van der Waals surface area contributed by atoms with Gasteiger partial charge in [0, 0.05) is 16.1 Å². The van der Waals surface area contributed by atoms with Crippen LogP contribution in [0.3, 0.4) is 0 Å². The molecule has 1 unspecified atom stereocenters. The Kier molecular flexibility index (Phi) is 3.52. The van der Waals surface area contributed by atoms with E-state index in [0.29, 0.717) is 22.6 Å². The fourth-order valence-electron chi connectivity index (χ4n) is 2.77. The van der Waals surface area contributed by atoms with E-state index in [1.807, 2.05) is 6.07 Å². The maximum atomic E-state index is 12.4. The van der Waals surface area contributed by atoms with E-state index in [4.69, 9.17) is 11.6 Å². The van der Waals surface area contributed by atoms with E-state index in [1.165, 1.54) is 0 Å². The van der Waals surface area contributed by atoms with Crippen LogP contribution in [0, 0.1) is 0 Å². The van der Waals surface area contributed by atoms with Crippen LogP contribution >= 0.6 is 11.6 Å². The van der Waals surface area contributed by atoms with Gasteiger partial charge in [-0.3, -0.25) is 9.59 Å². The second-order valence-electron chi connectivity index (χ2n) is 5.18. The molecule has 1 N–H and O–H groups in total. The molecule has 0 heterocycles. The van der Waals surface area contributed by atoms with Gasteiger partial charge in [0.1, 0.15) is 0 Å². The lowest BCUT2D eigenvalue weighted by atomic mass is 9.96. The van der Waals surface area contributed by atoms with Crippen molar-refractivity contribution in [2.24, 2.45) is 0 Å². The van der Waals surface area contributed by atoms with E-state index in [-0.39, 0.29) is 5.78 Å². The van der Waals surface area contributed by atoms with E-state index >= 15 is 0 Å². The summed E-state index contributed by atoms with van der Waals surface area (Å²) in [6, 6.07) is 12.0. The molecule has 1 aliphatic carbocycles. The number of carbonyl (C=O) groups excluding carboxylic acids is 1. The monoisotopic (exact) mass is 300 g/mol. The van der Waals surface area contributed by atoms with Gasteiger partial charge in [-0.2, -0.15) is 0 Å². The Hall–Kier alpha value is -2.13. The molecular formula is C17H13ClO3. The molecule has 106 valence electrons. The zero-order valence-corrected chi connectivity index (χ0v) is 11.9. The molecule has 0 saturated heterocycles. The fourth-order valence-corrected chi connectivity index (χ4v) is 2.89. The minimum absolute atomic E-state index is 0.120. The lowest BCUT2D eigenvalue weighted by Gasteiger charge is -2.08. The van der Waals surface area contributed by atoms with Gasteiger partial charge < -0.3 is 5.11 Å². The molecule has 1 atom stereocenters. The van der Waals surface area contributed by atoms with Gasteiger partial charge in [-0.05, 0) is 54.3 Å². The number of carboxylic acid groups (broad SMARTS) is 1. The van der Waals surface area contributed by atoms with Crippen molar-refractivity contribution in [3.8, 4) is 0 Å². The van der Waals surface area contributed by atoms with E-state index in [2.05, 4.69) is 0 Å². The summed E-state index contributed by atoms with van der Waals surface area (Å²) in [5.41, 5.74) is 2.85. The minimum Gasteiger partial charge on any atom is -0.481 e. The first-order chi connectivity index (χ1) is 10.1. The van der Waals surface area contributed by atoms with Gasteiger partial charge in [-0.1, -0.05) is 23.7 Å². The second-order valence-corrected chi connectivity index (χ2v) is 5.62. The number of hydrogen-bond acceptors (Lipinski definition) is 2. The number of fused-ring (bicyclic) bond motifs is 1. The third kappa shape index (κ3) is 2.57. The number of carboxylic acids is 1. The van der Waals surface area contributed by atoms with Gasteiger partial charge in [0.05, 0.1) is 5.92 Å². The fraction of sp³-hybridized carbons (Fsp3) is 0.176. The number of halogens is 1. The van der Waals surface area contributed by atoms with Crippen LogP contribution in [0.4, 0.5) is 0 Å². The lowest BCUT2D eigenvalue weighted by Crippen LogP contribution is -2.09. The molecule has 2 aromatic carbocycles. The number of benzene rings is 2. The summed E-state index contributed by atoms with van der Waals surface area (Å²) in [6.07, 6.45) is 1.35. The van der Waals surface area contributed by atoms with Gasteiger partial charge in [0.2, 0.25) is 0 Å². The molecule has 3 nitrogen and oxygen atoms in total. The summed E-state index contributed by atoms with van der Waals surface area (Å²) in [4.78, 5) is 23.7. The zero-order chi connectivity index (χ0) is 15.0. The van der Waals surface area contributed by atoms with E-state index < -0.39 is 11.9 Å². The van der Waals surface area contributed by atoms with Gasteiger partial charge >= 0.3 is 5.97 Å². The van der Waals surface area contributed by atoms with Crippen LogP contribution < -0.4 is 0 Å². The summed E-state index contributed by atoms with van der Waals surface area (Å²) in [5.74, 6) is -1.45. The quantitative estimate of drug-likeness (QED) is 0.880. The largest absolute Gasteiger partial charge is 0.481 e. The van der Waals surface area contributed by atoms with Crippen LogP contribution in [0.1, 0.15) is 39.4 Å². The maximum absolute atomic E-state index is 12.4. The third-order valence-electron chi connectivity index (χ3n) is 3.89. The van der Waals surface area contributed by atoms with Gasteiger partial charge in [0.15, 0.2) is 5.78 Å². The van der Waals surface area contributed by atoms with Crippen molar-refractivity contribution >= 4 is 23.4 Å². The predicted octanol–water partition coefficient (Wildman–Crippen LogP) is 3.69. The first-order valence-corrected chi connectivity index (χ1v) is 7.10. The van der Waals surface area contributed by atoms with Crippen molar-refractivity contribution in [1.29, 1.82) is 0 Å². The number of rotatable bonds is 3. The molecule has 0 saturated carbocycles. The van der Waals surface area contributed by atoms with E-state index in [0.717, 1.165) is 17.5 Å². The molecule has 0 aromatic heterocycles. The highest BCUT2D eigenvalue weighted by Crippen LogP contribution is 2.34. The topological polar surface area (TPSA) is 54.4 Å². The predicted molar refractivity (Wildman–Crippen MR) is 80.0 cm³/mol. The Morgan fingerprint density at radius 1 is 1.05 bits per heavy atom. The smallest absolute Gasteiger partial charge is 0.310 e. The number of aryl methyl sites for hydroxylation is 1. The molecule has 0 bridgehead atoms. The molecule has 0 fully saturated rings. The Balaban J connectivity index is 1.97. The van der Waals surface area contributed by atoms with Crippen molar-refractivity contribution in [2.75, 3.05) is 0 Å². The van der Waals surface area contributed by atoms with Crippen molar-refractivity contribution in [1.82, 2.24) is 0 Å². The van der Waals surface area contributed by atoms with E-state index in [9.17, 15) is 14.7 Å². The van der Waals surface area contributed by atoms with Gasteiger partial charge in [-0.15, -0.1) is 0 Å². The Bertz CT molecular complexity index is 719. The zero-order valence-electron chi connectivity index (χ0n) is 11.2. The lowest BCUT2D eigenvalue weighted by molar-refractivity contribution is -0.138. The molecule has 0 amide bonds. The summed E-state index contributed by atoms with van der Waals surface area (Å²) in [5, 5.41) is 9.81. The molecule has 3 rings (SSSR count). The maximum Gasteiger partial charge on any atom is 0.310 e. The van der Waals surface area contributed by atoms with Crippen LogP contribution in [0.25, 0.3) is 0 Å². The third-order valence-corrected chi connectivity index (χ3v) is 4.14. The molecule has 1 aliphatic rings. The van der Waals surface area contributed by atoms with Crippen LogP contribution in [-0.4, -0.2) is 16.9 Å². The number of aliphatic carboxylic acids is 1. The highest BCUT2D eigenvalue weighted by atomic mass is 35.5. The average molecular weight is 301 g/mol. The highest BCUT2D eigenvalue weighted by Gasteiger charge is 2.29. The Morgan fingerprint density at radius 3 is 2.38 bits per heavy atom. The number of carbonyl (C=O) groups is 2. The second kappa shape index (κ2) is 5.34. The molecule has 0 spiro atoms. The van der Waals surface area contributed by atoms with Crippen LogP contribution in [0.5, 0.6) is 0 Å². The van der Waals surface area contributed by atoms with Crippen molar-refractivity contribution in [3.05, 3.63) is 69.7 Å². The van der Waals surface area contributed by atoms with Crippen molar-refractivity contribution in [3.63, 3.8) is 0 Å². The van der Waals surface area contributed by atoms with Crippen LogP contribution in [0.2, 0.25) is 5.02 Å². The highest BCUT2D eigenvalue weighted by molar-refractivity contribution is 6.30. The molecule has 4 heteroatoms. The Labute approximate surface area is 127 Å². The van der Waals surface area contributed by atoms with Gasteiger partial charge in [-0.25, -0.2) is 0 Å². The summed E-state index contributed by atoms with van der Waals surface area (Å²) in [7, 11) is 0. The van der Waals surface area contributed by atoms with Crippen LogP contribution in [-0.2, 0) is 11.2 Å². The molecule has 0 radical (unpaired) electrons. The first kappa shape index (κ1) is 13.8. The first-order valence-electron chi connectivity index (χ1n) is 6.72. The number of ketones is 1. The van der Waals surface area contributed by atoms with Crippen molar-refractivity contribution in [2.45, 2.75) is 18.8 Å². The van der Waals surface area contributed by atoms with E-state index in [1.54, 1.807) is 36.4 Å². The number of hydrogen-bond donors (Lipinski definition) is 1. The molecular weight excluding hydrogens is 288 g/mol. The SMILES string of the molecule is O=C(c1ccc(Cl)cc1)c1ccc2c(c1)C(C(=O)O)CC2. The molecule has 2 aromatic rings.